The number of phenols is 1. The molecule has 0 amide bonds. The lowest BCUT2D eigenvalue weighted by molar-refractivity contribution is 0.282. The molecule has 0 fully saturated rings. The topological polar surface area (TPSA) is 57.8 Å². The zero-order valence-electron chi connectivity index (χ0n) is 9.54. The third-order valence-electron chi connectivity index (χ3n) is 2.87. The lowest BCUT2D eigenvalue weighted by Crippen LogP contribution is -1.93. The van der Waals surface area contributed by atoms with E-state index in [4.69, 9.17) is 0 Å². The molecule has 0 spiro atoms. The highest BCUT2D eigenvalue weighted by molar-refractivity contribution is 5.66. The molecule has 2 heterocycles. The predicted molar refractivity (Wildman–Crippen MR) is 67.1 cm³/mol. The Morgan fingerprint density at radius 1 is 1.33 bits per heavy atom. The first-order valence-corrected chi connectivity index (χ1v) is 5.56. The fourth-order valence-corrected chi connectivity index (χ4v) is 2.02. The maximum Gasteiger partial charge on any atom is 0.142 e. The van der Waals surface area contributed by atoms with Gasteiger partial charge in [0.2, 0.25) is 0 Å². The maximum absolute atomic E-state index is 9.46. The fraction of sp³-hybridized carbons (Fsp3) is 0.0714. The summed E-state index contributed by atoms with van der Waals surface area (Å²) in [7, 11) is 0. The van der Waals surface area contributed by atoms with Crippen LogP contribution in [-0.2, 0) is 6.61 Å². The molecule has 0 saturated carbocycles. The number of aliphatic hydroxyl groups is 1. The first-order chi connectivity index (χ1) is 8.79. The van der Waals surface area contributed by atoms with E-state index in [0.717, 1.165) is 22.5 Å². The van der Waals surface area contributed by atoms with Crippen molar-refractivity contribution in [2.75, 3.05) is 0 Å². The number of rotatable bonds is 2. The Morgan fingerprint density at radius 2 is 2.22 bits per heavy atom. The van der Waals surface area contributed by atoms with Gasteiger partial charge >= 0.3 is 0 Å². The number of pyridine rings is 1. The summed E-state index contributed by atoms with van der Waals surface area (Å²) in [5, 5.41) is 18.7. The number of aliphatic hydroxyl groups excluding tert-OH is 1. The molecular weight excluding hydrogens is 228 g/mol. The van der Waals surface area contributed by atoms with Gasteiger partial charge in [0.25, 0.3) is 0 Å². The van der Waals surface area contributed by atoms with Gasteiger partial charge in [0.05, 0.1) is 18.5 Å². The number of hydrogen-bond acceptors (Lipinski definition) is 3. The summed E-state index contributed by atoms with van der Waals surface area (Å²) in [6.07, 6.45) is 3.61. The molecule has 4 heteroatoms. The molecule has 1 aromatic carbocycles. The number of aromatic hydroxyl groups is 1. The smallest absolute Gasteiger partial charge is 0.142 e. The standard InChI is InChI=1S/C14H11N2O2/c17-9-11-4-2-6-16-13(8-15-14(11)16)10-3-1-5-12(18)7-10/h1-4,6-8,17-18H,9H2. The molecular formula is C14H11N2O2. The van der Waals surface area contributed by atoms with Crippen LogP contribution in [0.2, 0.25) is 0 Å². The minimum Gasteiger partial charge on any atom is -0.507 e. The Hall–Kier alpha value is -2.33. The van der Waals surface area contributed by atoms with Gasteiger partial charge in [-0.1, -0.05) is 12.1 Å². The van der Waals surface area contributed by atoms with Crippen molar-refractivity contribution in [3.05, 3.63) is 54.4 Å². The van der Waals surface area contributed by atoms with Crippen LogP contribution in [0.4, 0.5) is 0 Å². The third kappa shape index (κ3) is 1.63. The quantitative estimate of drug-likeness (QED) is 0.719. The van der Waals surface area contributed by atoms with E-state index >= 15 is 0 Å². The Bertz CT molecular complexity index is 704. The molecule has 0 bridgehead atoms. The van der Waals surface area contributed by atoms with E-state index in [0.29, 0.717) is 0 Å². The van der Waals surface area contributed by atoms with Crippen LogP contribution >= 0.6 is 0 Å². The maximum atomic E-state index is 9.46. The van der Waals surface area contributed by atoms with Crippen LogP contribution in [-0.4, -0.2) is 19.6 Å². The van der Waals surface area contributed by atoms with Crippen molar-refractivity contribution in [3.63, 3.8) is 0 Å². The van der Waals surface area contributed by atoms with Crippen LogP contribution in [0.1, 0.15) is 5.56 Å². The van der Waals surface area contributed by atoms with Gasteiger partial charge < -0.3 is 10.2 Å². The fourth-order valence-electron chi connectivity index (χ4n) is 2.02. The monoisotopic (exact) mass is 239 g/mol. The van der Waals surface area contributed by atoms with Gasteiger partial charge in [-0.25, -0.2) is 4.98 Å². The summed E-state index contributed by atoms with van der Waals surface area (Å²) in [5.74, 6) is 0.0979. The van der Waals surface area contributed by atoms with Gasteiger partial charge in [0.1, 0.15) is 11.4 Å². The van der Waals surface area contributed by atoms with Crippen molar-refractivity contribution < 1.29 is 10.2 Å². The molecule has 0 saturated heterocycles. The number of aromatic nitrogens is 2. The number of hydrogen-bond donors (Lipinski definition) is 2. The second-order valence-corrected chi connectivity index (χ2v) is 3.99. The molecule has 4 nitrogen and oxygen atoms in total. The largest absolute Gasteiger partial charge is 0.507 e. The van der Waals surface area contributed by atoms with Crippen LogP contribution in [0.15, 0.2) is 42.7 Å². The van der Waals surface area contributed by atoms with Crippen molar-refractivity contribution in [2.45, 2.75) is 6.61 Å². The molecule has 3 rings (SSSR count). The van der Waals surface area contributed by atoms with Crippen molar-refractivity contribution in [2.24, 2.45) is 0 Å². The highest BCUT2D eigenvalue weighted by atomic mass is 16.3. The molecule has 18 heavy (non-hydrogen) atoms. The van der Waals surface area contributed by atoms with Gasteiger partial charge in [-0.05, 0) is 18.2 Å². The van der Waals surface area contributed by atoms with Gasteiger partial charge in [0.15, 0.2) is 0 Å². The Morgan fingerprint density at radius 3 is 3.00 bits per heavy atom. The van der Waals surface area contributed by atoms with Crippen molar-refractivity contribution in [3.8, 4) is 17.0 Å². The van der Waals surface area contributed by atoms with E-state index in [2.05, 4.69) is 11.1 Å². The average molecular weight is 239 g/mol. The number of imidazole rings is 1. The summed E-state index contributed by atoms with van der Waals surface area (Å²) in [5.41, 5.74) is 3.22. The summed E-state index contributed by atoms with van der Waals surface area (Å²) in [4.78, 5) is 4.31. The van der Waals surface area contributed by atoms with Crippen LogP contribution < -0.4 is 0 Å². The van der Waals surface area contributed by atoms with Crippen LogP contribution in [0.25, 0.3) is 16.9 Å². The summed E-state index contributed by atoms with van der Waals surface area (Å²) < 4.78 is 1.89. The van der Waals surface area contributed by atoms with E-state index in [1.807, 2.05) is 28.8 Å². The molecule has 2 N–H and O–H groups in total. The predicted octanol–water partition coefficient (Wildman–Crippen LogP) is 2.00. The third-order valence-corrected chi connectivity index (χ3v) is 2.87. The molecule has 1 radical (unpaired) electrons. The second kappa shape index (κ2) is 4.16. The Labute approximate surface area is 104 Å². The Balaban J connectivity index is 2.25. The van der Waals surface area contributed by atoms with E-state index in [1.165, 1.54) is 0 Å². The van der Waals surface area contributed by atoms with E-state index < -0.39 is 0 Å². The number of nitrogens with zero attached hydrogens (tertiary/aromatic N) is 2. The van der Waals surface area contributed by atoms with Crippen molar-refractivity contribution in [1.29, 1.82) is 0 Å². The first kappa shape index (κ1) is 10.8. The SMILES string of the molecule is OCc1cccn2c(-c3cc[c]c(O)c3)cnc12. The van der Waals surface area contributed by atoms with Crippen molar-refractivity contribution >= 4 is 5.65 Å². The van der Waals surface area contributed by atoms with Crippen LogP contribution in [0, 0.1) is 6.07 Å². The molecule has 2 aromatic heterocycles. The second-order valence-electron chi connectivity index (χ2n) is 3.99. The molecule has 0 aliphatic carbocycles. The highest BCUT2D eigenvalue weighted by Crippen LogP contribution is 2.24. The number of phenolic OH excluding ortho intramolecular Hbond substituents is 1. The molecule has 0 aliphatic rings. The summed E-state index contributed by atoms with van der Waals surface area (Å²) >= 11 is 0. The van der Waals surface area contributed by atoms with Gasteiger partial charge in [0, 0.05) is 23.4 Å². The zero-order chi connectivity index (χ0) is 12.5. The molecule has 0 atom stereocenters. The molecule has 0 unspecified atom stereocenters. The van der Waals surface area contributed by atoms with E-state index in [1.54, 1.807) is 18.3 Å². The van der Waals surface area contributed by atoms with Gasteiger partial charge in [-0.3, -0.25) is 4.40 Å². The van der Waals surface area contributed by atoms with Crippen molar-refractivity contribution in [1.82, 2.24) is 9.38 Å². The van der Waals surface area contributed by atoms with Gasteiger partial charge in [-0.2, -0.15) is 0 Å². The summed E-state index contributed by atoms with van der Waals surface area (Å²) in [6.45, 7) is -0.0470. The van der Waals surface area contributed by atoms with Crippen LogP contribution in [0.3, 0.4) is 0 Å². The molecule has 89 valence electrons. The average Bonchev–Trinajstić information content (AvgIpc) is 2.82. The zero-order valence-corrected chi connectivity index (χ0v) is 9.54. The number of benzene rings is 1. The normalized spacial score (nSPS) is 10.9. The minimum atomic E-state index is -0.0470. The lowest BCUT2D eigenvalue weighted by Gasteiger charge is -2.04. The van der Waals surface area contributed by atoms with E-state index in [9.17, 15) is 10.2 Å². The molecule has 0 aliphatic heterocycles. The molecule has 3 aromatic rings. The summed E-state index contributed by atoms with van der Waals surface area (Å²) in [6, 6.07) is 11.5. The van der Waals surface area contributed by atoms with Gasteiger partial charge in [-0.15, -0.1) is 0 Å². The van der Waals surface area contributed by atoms with E-state index in [-0.39, 0.29) is 12.4 Å². The highest BCUT2D eigenvalue weighted by Gasteiger charge is 2.08. The first-order valence-electron chi connectivity index (χ1n) is 5.56. The lowest BCUT2D eigenvalue weighted by atomic mass is 10.1. The van der Waals surface area contributed by atoms with Crippen LogP contribution in [0.5, 0.6) is 5.75 Å². The Kier molecular flexibility index (Phi) is 2.50. The number of fused-ring (bicyclic) bond motifs is 1. The minimum absolute atomic E-state index is 0.0470.